The molecule has 1 heterocycles. The van der Waals surface area contributed by atoms with Crippen LogP contribution in [0.3, 0.4) is 0 Å². The lowest BCUT2D eigenvalue weighted by molar-refractivity contribution is -0.209. The van der Waals surface area contributed by atoms with Crippen LogP contribution < -0.4 is 0 Å². The van der Waals surface area contributed by atoms with E-state index in [9.17, 15) is 19.5 Å². The lowest BCUT2D eigenvalue weighted by atomic mass is 9.41. The Balaban J connectivity index is 1.26. The average molecular weight is 631 g/mol. The van der Waals surface area contributed by atoms with E-state index in [-0.39, 0.29) is 70.2 Å². The zero-order valence-electron chi connectivity index (χ0n) is 29.1. The molecule has 6 rings (SSSR count). The Hall–Kier alpha value is -1.67. The molecule has 6 aliphatic rings. The van der Waals surface area contributed by atoms with E-state index < -0.39 is 17.7 Å². The second-order valence-corrected chi connectivity index (χ2v) is 17.9. The van der Waals surface area contributed by atoms with E-state index in [1.807, 2.05) is 0 Å². The molecule has 13 atom stereocenters. The van der Waals surface area contributed by atoms with Gasteiger partial charge in [0, 0.05) is 12.3 Å². The fourth-order valence-electron chi connectivity index (χ4n) is 13.7. The number of aliphatic hydroxyl groups is 1. The number of esters is 2. The number of aliphatic carboxylic acids is 1. The summed E-state index contributed by atoms with van der Waals surface area (Å²) in [5.41, 5.74) is -0.578. The molecule has 5 saturated carbocycles. The minimum Gasteiger partial charge on any atom is -0.481 e. The maximum absolute atomic E-state index is 12.6. The summed E-state index contributed by atoms with van der Waals surface area (Å²) in [5.74, 6) is 0.748. The van der Waals surface area contributed by atoms with Gasteiger partial charge in [-0.05, 0) is 116 Å². The van der Waals surface area contributed by atoms with Crippen molar-refractivity contribution in [2.75, 3.05) is 0 Å². The lowest BCUT2D eigenvalue weighted by Gasteiger charge is -2.63. The SMILES string of the molecule is CC(=O)O[C@@H](C1CC(C)C2[C@@H](C[C@@]3(C)[C@@H]4CCC5C(C)(C)[C@@H](OC(=O)CCC(=O)O)CCC56[C@@H](C)[C@@]46CC[C@]23C)O1)C(C)(C)O. The van der Waals surface area contributed by atoms with Gasteiger partial charge in [0.05, 0.1) is 30.7 Å². The van der Waals surface area contributed by atoms with Crippen LogP contribution in [0.5, 0.6) is 0 Å². The van der Waals surface area contributed by atoms with Crippen molar-refractivity contribution in [2.24, 2.45) is 56.7 Å². The summed E-state index contributed by atoms with van der Waals surface area (Å²) in [6.07, 6.45) is 7.00. The van der Waals surface area contributed by atoms with Gasteiger partial charge in [-0.15, -0.1) is 0 Å². The fourth-order valence-corrected chi connectivity index (χ4v) is 13.7. The number of hydrogen-bond donors (Lipinski definition) is 2. The van der Waals surface area contributed by atoms with Crippen LogP contribution in [0.15, 0.2) is 0 Å². The van der Waals surface area contributed by atoms with E-state index >= 15 is 0 Å². The summed E-state index contributed by atoms with van der Waals surface area (Å²) in [5, 5.41) is 20.0. The Morgan fingerprint density at radius 3 is 2.20 bits per heavy atom. The van der Waals surface area contributed by atoms with Gasteiger partial charge in [-0.3, -0.25) is 14.4 Å². The highest BCUT2D eigenvalue weighted by Crippen LogP contribution is 2.91. The zero-order chi connectivity index (χ0) is 33.1. The first-order valence-electron chi connectivity index (χ1n) is 17.7. The second kappa shape index (κ2) is 10.4. The van der Waals surface area contributed by atoms with Crippen LogP contribution in [0, 0.1) is 56.7 Å². The molecule has 0 aromatic carbocycles. The van der Waals surface area contributed by atoms with Gasteiger partial charge in [-0.1, -0.05) is 41.5 Å². The smallest absolute Gasteiger partial charge is 0.306 e. The predicted molar refractivity (Wildman–Crippen MR) is 168 cm³/mol. The molecular weight excluding hydrogens is 572 g/mol. The molecule has 0 aromatic rings. The van der Waals surface area contributed by atoms with Crippen LogP contribution in [0.1, 0.15) is 127 Å². The Labute approximate surface area is 269 Å². The number of carbonyl (C=O) groups is 3. The van der Waals surface area contributed by atoms with Crippen molar-refractivity contribution < 1.29 is 38.8 Å². The number of ether oxygens (including phenoxy) is 3. The van der Waals surface area contributed by atoms with Crippen molar-refractivity contribution in [3.63, 3.8) is 0 Å². The number of carboxylic acids is 1. The quantitative estimate of drug-likeness (QED) is 0.304. The summed E-state index contributed by atoms with van der Waals surface area (Å²) in [6.45, 7) is 19.4. The first kappa shape index (κ1) is 33.2. The molecule has 2 N–H and O–H groups in total. The largest absolute Gasteiger partial charge is 0.481 e. The van der Waals surface area contributed by atoms with Crippen LogP contribution in [0.2, 0.25) is 0 Å². The predicted octanol–water partition coefficient (Wildman–Crippen LogP) is 6.55. The summed E-state index contributed by atoms with van der Waals surface area (Å²) in [4.78, 5) is 35.7. The monoisotopic (exact) mass is 630 g/mol. The fraction of sp³-hybridized carbons (Fsp3) is 0.919. The second-order valence-electron chi connectivity index (χ2n) is 17.9. The topological polar surface area (TPSA) is 119 Å². The van der Waals surface area contributed by atoms with E-state index in [2.05, 4.69) is 41.5 Å². The molecule has 45 heavy (non-hydrogen) atoms. The third-order valence-electron chi connectivity index (χ3n) is 15.5. The third kappa shape index (κ3) is 4.45. The molecule has 0 amide bonds. The molecule has 6 fully saturated rings. The first-order valence-corrected chi connectivity index (χ1v) is 17.7. The molecule has 0 radical (unpaired) electrons. The van der Waals surface area contributed by atoms with Crippen LogP contribution >= 0.6 is 0 Å². The van der Waals surface area contributed by atoms with Gasteiger partial charge in [-0.2, -0.15) is 0 Å². The maximum atomic E-state index is 12.6. The van der Waals surface area contributed by atoms with E-state index in [0.717, 1.165) is 32.1 Å². The Morgan fingerprint density at radius 1 is 0.933 bits per heavy atom. The molecule has 8 heteroatoms. The minimum absolute atomic E-state index is 0.0712. The Bertz CT molecular complexity index is 1240. The van der Waals surface area contributed by atoms with Crippen LogP contribution in [-0.4, -0.2) is 58.1 Å². The average Bonchev–Trinajstić information content (AvgIpc) is 3.34. The van der Waals surface area contributed by atoms with Crippen molar-refractivity contribution in [3.8, 4) is 0 Å². The standard InChI is InChI=1S/C37H58O8/c1-20-18-23(31(33(6,7)42)43-22(3)38)44-24-19-35(9)26-11-10-25-32(4,5)27(45-29(41)13-12-28(39)40)14-15-36(25)21(2)37(26,36)17-16-34(35,8)30(20)24/h20-21,23-27,30-31,42H,10-19H2,1-9H3,(H,39,40)/t20?,21-,23?,24-,25?,26+,27+,30?,31+,34-,35+,36?,37+/m1/s1. The van der Waals surface area contributed by atoms with Crippen LogP contribution in [-0.2, 0) is 28.6 Å². The van der Waals surface area contributed by atoms with E-state index in [4.69, 9.17) is 19.3 Å². The molecule has 0 aromatic heterocycles. The zero-order valence-corrected chi connectivity index (χ0v) is 29.1. The molecule has 1 saturated heterocycles. The summed E-state index contributed by atoms with van der Waals surface area (Å²) in [6, 6.07) is 0. The third-order valence-corrected chi connectivity index (χ3v) is 15.5. The first-order chi connectivity index (χ1) is 20.8. The number of hydrogen-bond acceptors (Lipinski definition) is 7. The molecule has 2 spiro atoms. The number of carbonyl (C=O) groups excluding carboxylic acids is 2. The van der Waals surface area contributed by atoms with Gasteiger partial charge >= 0.3 is 17.9 Å². The van der Waals surface area contributed by atoms with Crippen LogP contribution in [0.4, 0.5) is 0 Å². The molecule has 8 nitrogen and oxygen atoms in total. The van der Waals surface area contributed by atoms with Gasteiger partial charge in [0.2, 0.25) is 0 Å². The van der Waals surface area contributed by atoms with Gasteiger partial charge < -0.3 is 24.4 Å². The molecule has 5 aliphatic carbocycles. The summed E-state index contributed by atoms with van der Waals surface area (Å²) in [7, 11) is 0. The van der Waals surface area contributed by atoms with Gasteiger partial charge in [0.25, 0.3) is 0 Å². The minimum atomic E-state index is -1.20. The number of fused-ring (bicyclic) bond motifs is 4. The van der Waals surface area contributed by atoms with Gasteiger partial charge in [0.15, 0.2) is 6.10 Å². The van der Waals surface area contributed by atoms with Crippen molar-refractivity contribution in [2.45, 2.75) is 157 Å². The summed E-state index contributed by atoms with van der Waals surface area (Å²) < 4.78 is 18.7. The van der Waals surface area contributed by atoms with Crippen molar-refractivity contribution in [1.82, 2.24) is 0 Å². The molecule has 254 valence electrons. The molecule has 5 unspecified atom stereocenters. The number of rotatable bonds is 7. The van der Waals surface area contributed by atoms with Gasteiger partial charge in [-0.25, -0.2) is 0 Å². The molecular formula is C37H58O8. The maximum Gasteiger partial charge on any atom is 0.306 e. The van der Waals surface area contributed by atoms with Crippen molar-refractivity contribution in [1.29, 1.82) is 0 Å². The van der Waals surface area contributed by atoms with E-state index in [1.54, 1.807) is 13.8 Å². The van der Waals surface area contributed by atoms with Gasteiger partial charge in [0.1, 0.15) is 6.10 Å². The van der Waals surface area contributed by atoms with Crippen molar-refractivity contribution >= 4 is 17.9 Å². The van der Waals surface area contributed by atoms with E-state index in [0.29, 0.717) is 29.6 Å². The van der Waals surface area contributed by atoms with E-state index in [1.165, 1.54) is 26.2 Å². The van der Waals surface area contributed by atoms with Crippen molar-refractivity contribution in [3.05, 3.63) is 0 Å². The lowest BCUT2D eigenvalue weighted by Crippen LogP contribution is -2.58. The number of carboxylic acid groups (broad SMARTS) is 1. The summed E-state index contributed by atoms with van der Waals surface area (Å²) >= 11 is 0. The highest BCUT2D eigenvalue weighted by Gasteiger charge is 2.86. The normalized spacial score (nSPS) is 48.4. The Morgan fingerprint density at radius 2 is 1.58 bits per heavy atom. The highest BCUT2D eigenvalue weighted by atomic mass is 16.6. The molecule has 0 bridgehead atoms. The molecule has 1 aliphatic heterocycles. The Kier molecular flexibility index (Phi) is 7.69. The van der Waals surface area contributed by atoms with Crippen LogP contribution in [0.25, 0.3) is 0 Å². The highest BCUT2D eigenvalue weighted by molar-refractivity contribution is 5.76.